The number of H-pyrrole nitrogens is 2. The predicted octanol–water partition coefficient (Wildman–Crippen LogP) is -6.35. The van der Waals surface area contributed by atoms with Gasteiger partial charge in [-0.25, -0.2) is 4.98 Å². The van der Waals surface area contributed by atoms with E-state index in [1.165, 1.54) is 57.9 Å². The van der Waals surface area contributed by atoms with Crippen LogP contribution >= 0.6 is 34.4 Å². The van der Waals surface area contributed by atoms with Crippen LogP contribution in [0.25, 0.3) is 11.1 Å². The van der Waals surface area contributed by atoms with E-state index in [-0.39, 0.29) is 103 Å². The van der Waals surface area contributed by atoms with Crippen molar-refractivity contribution in [1.29, 1.82) is 0 Å². The minimum Gasteiger partial charge on any atom is -0.399 e. The standard InChI is InChI=1S/C12H11N.2C8H10N2O.C7H12IN4O2S.C6H11IN3S.C6H9N3.C5H10IN4S.C5H10IN4.C5H10N4.C5H6N2/c13-12-8-4-7-11(9-12)10-5-2-1-3-6-10;1-6(11)10-8-4-2-3-7(9)5-8;1-6(11)10-8-5-3-2-4-7(8)9;9-5(13)4-15-7-12-11-6(14-7)2-1-3-8-10;1-5-9-10-6(11-5)3-2-4-7-8;7-4-3-6-2-1-5-8-9-6;7-5-10-9-4(11-5)2-1-3-6-8;7-6-3-1-2-5-8-4-9-10-5;1-4-7-5(2-3-6)9-8-4;6-5-1-3-7-4-2-5/h1-9H,13H2;2*2-5H,9H2,1H3,(H,10,11);1-4,10H2,(H2,9,13);2-4,8H2,1H3;1-2,5H,3-4,7H2;1-3,8H2,(H2,7,10);4H,1-3,7H2,(H,8,9,10);2-3,6H2,1H3,(H,7,8,9);1-4H,(H2,6,7)/q;;;2*-1;;2*-1;;. The quantitative estimate of drug-likeness (QED) is 0.00599. The Morgan fingerprint density at radius 3 is 1.66 bits per heavy atom. The summed E-state index contributed by atoms with van der Waals surface area (Å²) in [6.45, 7) is 8.01. The Kier molecular flexibility index (Phi) is 55.2. The minimum atomic E-state index is -0.396. The molecule has 0 fully saturated rings. The van der Waals surface area contributed by atoms with Crippen molar-refractivity contribution in [3.8, 4) is 11.1 Å². The summed E-state index contributed by atoms with van der Waals surface area (Å²) in [5, 5.41) is 53.4. The molecular weight excluding hydrogens is 1880 g/mol. The number of aromatic nitrogens is 15. The molecule has 586 valence electrons. The molecule has 0 aliphatic carbocycles. The number of amides is 3. The number of rotatable bonds is 26. The van der Waals surface area contributed by atoms with Gasteiger partial charge < -0.3 is 45.0 Å². The molecule has 0 spiro atoms. The number of carbonyl (C=O) groups is 3. The van der Waals surface area contributed by atoms with Gasteiger partial charge in [0.05, 0.1) is 17.1 Å². The number of anilines is 7. The fourth-order valence-corrected chi connectivity index (χ4v) is 12.7. The van der Waals surface area contributed by atoms with E-state index in [9.17, 15) is 14.4 Å². The predicted molar refractivity (Wildman–Crippen MR) is 413 cm³/mol. The molecule has 0 unspecified atom stereocenters. The van der Waals surface area contributed by atoms with Crippen molar-refractivity contribution in [2.75, 3.05) is 75.9 Å². The molecule has 0 bridgehead atoms. The first-order valence-electron chi connectivity index (χ1n) is 32.6. The number of carbonyl (C=O) groups excluding carboxylic acids is 3. The van der Waals surface area contributed by atoms with Crippen LogP contribution in [0.3, 0.4) is 0 Å². The number of nitrogens with zero attached hydrogens (tertiary/aromatic N) is 13. The monoisotopic (exact) mass is 1980 g/mol. The number of alkyl halides is 4. The first-order valence-corrected chi connectivity index (χ1v) is 46.3. The molecule has 0 saturated carbocycles. The molecule has 28 N–H and O–H groups in total. The molecule has 11 rings (SSSR count). The Labute approximate surface area is 679 Å². The molecule has 0 atom stereocenters. The van der Waals surface area contributed by atoms with Gasteiger partial charge >= 0.3 is 334 Å². The number of nitrogen functional groups attached to an aromatic ring is 5. The molecule has 0 aliphatic heterocycles. The molecule has 7 aromatic heterocycles. The van der Waals surface area contributed by atoms with Gasteiger partial charge in [-0.2, -0.15) is 15.3 Å². The normalized spacial score (nSPS) is 9.96. The summed E-state index contributed by atoms with van der Waals surface area (Å²) in [6.07, 6.45) is 16.3. The van der Waals surface area contributed by atoms with Gasteiger partial charge in [0.2, 0.25) is 11.8 Å². The zero-order chi connectivity index (χ0) is 78.5. The fourth-order valence-electron chi connectivity index (χ4n) is 7.46. The van der Waals surface area contributed by atoms with Crippen molar-refractivity contribution in [3.63, 3.8) is 0 Å². The van der Waals surface area contributed by atoms with Gasteiger partial charge in [0.25, 0.3) is 0 Å². The first kappa shape index (κ1) is 95.2. The van der Waals surface area contributed by atoms with Gasteiger partial charge in [-0.1, -0.05) is 60.7 Å². The number of primary amides is 1. The van der Waals surface area contributed by atoms with Crippen LogP contribution in [-0.4, -0.2) is 130 Å². The number of benzene rings is 4. The number of aryl methyl sites for hydroxylation is 6. The summed E-state index contributed by atoms with van der Waals surface area (Å²) in [5.41, 5.74) is 50.5. The van der Waals surface area contributed by atoms with Crippen LogP contribution in [0.2, 0.25) is 0 Å². The minimum absolute atomic E-state index is 0.0277. The topological polar surface area (TPSA) is 600 Å². The van der Waals surface area contributed by atoms with Crippen molar-refractivity contribution >= 4 is 91.4 Å². The maximum Gasteiger partial charge on any atom is 0.0344 e. The van der Waals surface area contributed by atoms with E-state index in [1.54, 1.807) is 78.5 Å². The van der Waals surface area contributed by atoms with Crippen molar-refractivity contribution in [3.05, 3.63) is 196 Å². The molecule has 0 aliphatic rings. The van der Waals surface area contributed by atoms with E-state index in [0.717, 1.165) is 134 Å². The molecular formula is C67H99I4N29O4S3-4. The number of hydrogen-bond donors (Lipinski definition) is 16. The Bertz CT molecular complexity index is 3980. The number of aromatic amines is 2. The van der Waals surface area contributed by atoms with Gasteiger partial charge in [0, 0.05) is 68.0 Å². The largest absolute Gasteiger partial charge is 0.399 e. The van der Waals surface area contributed by atoms with Crippen LogP contribution in [0.1, 0.15) is 83.6 Å². The molecule has 40 heteroatoms. The maximum atomic E-state index is 10.6. The zero-order valence-electron chi connectivity index (χ0n) is 60.1. The van der Waals surface area contributed by atoms with Crippen LogP contribution in [-0.2, 0) is 52.9 Å². The van der Waals surface area contributed by atoms with E-state index < -0.39 is 5.91 Å². The maximum absolute atomic E-state index is 10.6. The van der Waals surface area contributed by atoms with Crippen LogP contribution in [0.15, 0.2) is 162 Å². The van der Waals surface area contributed by atoms with Crippen LogP contribution < -0.4 is 158 Å². The Morgan fingerprint density at radius 1 is 0.561 bits per heavy atom. The van der Waals surface area contributed by atoms with E-state index in [2.05, 4.69) is 105 Å². The van der Waals surface area contributed by atoms with Crippen molar-refractivity contribution in [1.82, 2.24) is 76.1 Å². The SMILES string of the molecule is CC(=O)Nc1cccc(N)c1.CC(=O)Nc1ccccc1N.Cc1nc(CCN)n[nH]1.Cc1nnc(CCC[I-]N)s1.NCCc1cccnn1.N[I-]CCCc1ncn[nH]1.N[I-]CCCc1nnc(N)s1.N[I-]CCCc1nnc(SCC(N)=O)o1.Nc1cccc(-c2ccccc2)c1.Nc1ccncc1. The van der Waals surface area contributed by atoms with Gasteiger partial charge in [-0.15, -0.1) is 0 Å². The average molecular weight is 1980 g/mol. The molecule has 107 heavy (non-hydrogen) atoms. The summed E-state index contributed by atoms with van der Waals surface area (Å²) >= 11 is 4.03. The summed E-state index contributed by atoms with van der Waals surface area (Å²) in [5.74, 6) is 2.78. The fraction of sp³-hybridized carbons (Fsp3) is 0.313. The molecule has 0 saturated heterocycles. The second-order valence-corrected chi connectivity index (χ2v) is 32.3. The molecule has 33 nitrogen and oxygen atoms in total. The summed E-state index contributed by atoms with van der Waals surface area (Å²) in [6, 6.07) is 39.6. The second kappa shape index (κ2) is 62.0. The van der Waals surface area contributed by atoms with E-state index >= 15 is 0 Å². The number of pyridine rings is 1. The second-order valence-electron chi connectivity index (χ2n) is 21.2. The first-order chi connectivity index (χ1) is 51.7. The zero-order valence-corrected chi connectivity index (χ0v) is 71.1. The Balaban J connectivity index is 0.000000406. The average Bonchev–Trinajstić information content (AvgIpc) is 1.82. The van der Waals surface area contributed by atoms with Gasteiger partial charge in [0.1, 0.15) is 5.82 Å². The van der Waals surface area contributed by atoms with Crippen molar-refractivity contribution < 1.29 is 105 Å². The number of hydrogen-bond acceptors (Lipinski definition) is 31. The van der Waals surface area contributed by atoms with Gasteiger partial charge in [-0.05, 0) is 97.9 Å². The summed E-state index contributed by atoms with van der Waals surface area (Å²) < 4.78 is 31.7. The van der Waals surface area contributed by atoms with Gasteiger partial charge in [0.15, 0.2) is 5.82 Å². The van der Waals surface area contributed by atoms with Crippen LogP contribution in [0, 0.1) is 13.8 Å². The molecule has 0 radical (unpaired) electrons. The number of para-hydroxylation sites is 2. The Morgan fingerprint density at radius 2 is 1.16 bits per heavy atom. The summed E-state index contributed by atoms with van der Waals surface area (Å²) in [4.78, 5) is 43.5. The molecule has 4 aromatic carbocycles. The van der Waals surface area contributed by atoms with Gasteiger partial charge in [-0.3, -0.25) is 19.7 Å². The molecule has 11 aromatic rings. The third kappa shape index (κ3) is 51.1. The van der Waals surface area contributed by atoms with Crippen molar-refractivity contribution in [2.45, 2.75) is 97.1 Å². The van der Waals surface area contributed by atoms with E-state index in [4.69, 9.17) is 66.1 Å². The molecule has 7 heterocycles. The third-order valence-corrected chi connectivity index (χ3v) is 20.2. The van der Waals surface area contributed by atoms with E-state index in [1.807, 2.05) is 74.5 Å². The van der Waals surface area contributed by atoms with Crippen molar-refractivity contribution in [2.24, 2.45) is 33.0 Å². The van der Waals surface area contributed by atoms with E-state index in [0.29, 0.717) is 46.4 Å². The Hall–Kier alpha value is -7.91. The smallest absolute Gasteiger partial charge is 0.0344 e. The molecule has 3 amide bonds. The third-order valence-electron chi connectivity index (χ3n) is 12.1. The van der Waals surface area contributed by atoms with Crippen LogP contribution in [0.4, 0.5) is 39.3 Å². The number of nitrogens with two attached hydrogens (primary N) is 12. The summed E-state index contributed by atoms with van der Waals surface area (Å²) in [7, 11) is 0. The number of nitrogens with one attached hydrogen (secondary N) is 4. The number of thioether (sulfide) groups is 1. The number of halogens is 4. The van der Waals surface area contributed by atoms with Crippen LogP contribution in [0.5, 0.6) is 0 Å².